The van der Waals surface area contributed by atoms with Crippen LogP contribution in [0.3, 0.4) is 0 Å². The first kappa shape index (κ1) is 18.7. The number of amides is 1. The van der Waals surface area contributed by atoms with Crippen LogP contribution in [0.15, 0.2) is 18.2 Å². The Bertz CT molecular complexity index is 838. The number of benzene rings is 1. The molecule has 3 heterocycles. The number of likely N-dealkylation sites (tertiary alicyclic amines) is 1. The van der Waals surface area contributed by atoms with Crippen LogP contribution >= 0.6 is 11.3 Å². The maximum atomic E-state index is 12.8. The van der Waals surface area contributed by atoms with E-state index in [1.54, 1.807) is 11.3 Å². The van der Waals surface area contributed by atoms with E-state index in [0.717, 1.165) is 48.7 Å². The van der Waals surface area contributed by atoms with Gasteiger partial charge in [-0.05, 0) is 57.2 Å². The van der Waals surface area contributed by atoms with Crippen molar-refractivity contribution in [2.75, 3.05) is 19.8 Å². The second-order valence-corrected chi connectivity index (χ2v) is 9.91. The van der Waals surface area contributed by atoms with Gasteiger partial charge >= 0.3 is 6.09 Å². The molecule has 2 aromatic rings. The molecular weight excluding hydrogens is 360 g/mol. The van der Waals surface area contributed by atoms with Crippen LogP contribution in [0.2, 0.25) is 0 Å². The van der Waals surface area contributed by atoms with Gasteiger partial charge in [-0.25, -0.2) is 9.78 Å². The molecule has 146 valence electrons. The van der Waals surface area contributed by atoms with Crippen molar-refractivity contribution >= 4 is 27.6 Å². The number of hydrogen-bond acceptors (Lipinski definition) is 5. The van der Waals surface area contributed by atoms with Gasteiger partial charge in [0.1, 0.15) is 10.6 Å². The lowest BCUT2D eigenvalue weighted by atomic mass is 9.90. The monoisotopic (exact) mass is 388 g/mol. The predicted octanol–water partition coefficient (Wildman–Crippen LogP) is 5.12. The lowest BCUT2D eigenvalue weighted by Crippen LogP contribution is -2.44. The first-order valence-corrected chi connectivity index (χ1v) is 10.6. The molecule has 0 radical (unpaired) electrons. The van der Waals surface area contributed by atoms with Gasteiger partial charge in [-0.3, -0.25) is 0 Å². The molecular formula is C21H28N2O3S. The second kappa shape index (κ2) is 7.06. The van der Waals surface area contributed by atoms with Crippen molar-refractivity contribution < 1.29 is 14.3 Å². The van der Waals surface area contributed by atoms with Gasteiger partial charge in [-0.2, -0.15) is 0 Å². The molecule has 0 bridgehead atoms. The van der Waals surface area contributed by atoms with Crippen LogP contribution in [0, 0.1) is 5.92 Å². The van der Waals surface area contributed by atoms with E-state index in [0.29, 0.717) is 11.8 Å². The number of rotatable bonds is 2. The van der Waals surface area contributed by atoms with Gasteiger partial charge in [-0.15, -0.1) is 11.3 Å². The normalized spacial score (nSPS) is 24.1. The fourth-order valence-corrected chi connectivity index (χ4v) is 4.76. The summed E-state index contributed by atoms with van der Waals surface area (Å²) in [6.07, 6.45) is 1.85. The lowest BCUT2D eigenvalue weighted by Gasteiger charge is -2.39. The standard InChI is InChI=1S/C21H28N2O3S/c1-13-5-7-17(23(10-13)20(24)26-21(2,3)4)14-6-8-18-16(9-14)22-19(27-18)15-11-25-12-15/h6,8-9,13,15,17H,5,7,10-12H2,1-4H3/t13-,17?/m0/s1. The highest BCUT2D eigenvalue weighted by atomic mass is 32.1. The molecule has 27 heavy (non-hydrogen) atoms. The van der Waals surface area contributed by atoms with E-state index in [9.17, 15) is 4.79 Å². The molecule has 0 aliphatic carbocycles. The van der Waals surface area contributed by atoms with Gasteiger partial charge in [0.05, 0.1) is 35.4 Å². The van der Waals surface area contributed by atoms with Crippen LogP contribution in [0.4, 0.5) is 4.79 Å². The fourth-order valence-electron chi connectivity index (χ4n) is 3.74. The molecule has 2 atom stereocenters. The zero-order valence-electron chi connectivity index (χ0n) is 16.5. The zero-order chi connectivity index (χ0) is 19.2. The highest BCUT2D eigenvalue weighted by Crippen LogP contribution is 2.37. The third-order valence-electron chi connectivity index (χ3n) is 5.25. The van der Waals surface area contributed by atoms with Gasteiger partial charge in [-0.1, -0.05) is 13.0 Å². The molecule has 1 aromatic heterocycles. The molecule has 0 saturated carbocycles. The average molecular weight is 389 g/mol. The third kappa shape index (κ3) is 3.97. The molecule has 2 saturated heterocycles. The Labute approximate surface area is 164 Å². The van der Waals surface area contributed by atoms with Crippen molar-refractivity contribution in [3.8, 4) is 0 Å². The number of carbonyl (C=O) groups is 1. The largest absolute Gasteiger partial charge is 0.444 e. The van der Waals surface area contributed by atoms with Crippen molar-refractivity contribution in [1.29, 1.82) is 0 Å². The summed E-state index contributed by atoms with van der Waals surface area (Å²) in [4.78, 5) is 19.6. The summed E-state index contributed by atoms with van der Waals surface area (Å²) in [7, 11) is 0. The van der Waals surface area contributed by atoms with Crippen molar-refractivity contribution in [1.82, 2.24) is 9.88 Å². The summed E-state index contributed by atoms with van der Waals surface area (Å²) in [6, 6.07) is 6.51. The maximum Gasteiger partial charge on any atom is 0.410 e. The van der Waals surface area contributed by atoms with E-state index in [4.69, 9.17) is 14.5 Å². The number of hydrogen-bond donors (Lipinski definition) is 0. The summed E-state index contributed by atoms with van der Waals surface area (Å²) in [5.74, 6) is 0.932. The summed E-state index contributed by atoms with van der Waals surface area (Å²) in [5.41, 5.74) is 1.70. The van der Waals surface area contributed by atoms with Crippen LogP contribution < -0.4 is 0 Å². The number of aromatic nitrogens is 1. The van der Waals surface area contributed by atoms with E-state index in [2.05, 4.69) is 25.1 Å². The number of piperidine rings is 1. The average Bonchev–Trinajstić information content (AvgIpc) is 2.93. The molecule has 6 heteroatoms. The van der Waals surface area contributed by atoms with Crippen LogP contribution in [-0.4, -0.2) is 41.3 Å². The van der Waals surface area contributed by atoms with E-state index in [-0.39, 0.29) is 12.1 Å². The van der Waals surface area contributed by atoms with Gasteiger partial charge in [0.15, 0.2) is 0 Å². The quantitative estimate of drug-likeness (QED) is 0.717. The summed E-state index contributed by atoms with van der Waals surface area (Å²) < 4.78 is 12.2. The number of carbonyl (C=O) groups excluding carboxylic acids is 1. The Morgan fingerprint density at radius 1 is 1.30 bits per heavy atom. The molecule has 2 fully saturated rings. The maximum absolute atomic E-state index is 12.8. The minimum atomic E-state index is -0.485. The van der Waals surface area contributed by atoms with Crippen LogP contribution in [0.1, 0.15) is 63.1 Å². The highest BCUT2D eigenvalue weighted by molar-refractivity contribution is 7.18. The second-order valence-electron chi connectivity index (χ2n) is 8.84. The SMILES string of the molecule is C[C@H]1CCC(c2ccc3sc(C4COC4)nc3c2)N(C(=O)OC(C)(C)C)C1. The third-order valence-corrected chi connectivity index (χ3v) is 6.44. The van der Waals surface area contributed by atoms with Crippen molar-refractivity contribution in [2.45, 2.75) is 58.1 Å². The van der Waals surface area contributed by atoms with Crippen LogP contribution in [0.25, 0.3) is 10.2 Å². The molecule has 4 rings (SSSR count). The Balaban J connectivity index is 1.61. The molecule has 0 spiro atoms. The van der Waals surface area contributed by atoms with Gasteiger partial charge < -0.3 is 14.4 Å². The van der Waals surface area contributed by atoms with Gasteiger partial charge in [0.25, 0.3) is 0 Å². The van der Waals surface area contributed by atoms with E-state index in [1.807, 2.05) is 25.7 Å². The first-order chi connectivity index (χ1) is 12.8. The number of ether oxygens (including phenoxy) is 2. The molecule has 1 amide bonds. The van der Waals surface area contributed by atoms with E-state index < -0.39 is 5.60 Å². The Morgan fingerprint density at radius 3 is 2.74 bits per heavy atom. The summed E-state index contributed by atoms with van der Waals surface area (Å²) >= 11 is 1.76. The minimum Gasteiger partial charge on any atom is -0.444 e. The van der Waals surface area contributed by atoms with Crippen molar-refractivity contribution in [2.24, 2.45) is 5.92 Å². The van der Waals surface area contributed by atoms with E-state index in [1.165, 1.54) is 4.70 Å². The molecule has 0 N–H and O–H groups in total. The Kier molecular flexibility index (Phi) is 4.89. The highest BCUT2D eigenvalue weighted by Gasteiger charge is 2.34. The topological polar surface area (TPSA) is 51.7 Å². The smallest absolute Gasteiger partial charge is 0.410 e. The summed E-state index contributed by atoms with van der Waals surface area (Å²) in [5, 5.41) is 1.16. The minimum absolute atomic E-state index is 0.0534. The number of nitrogens with zero attached hydrogens (tertiary/aromatic N) is 2. The van der Waals surface area contributed by atoms with Gasteiger partial charge in [0.2, 0.25) is 0 Å². The number of fused-ring (bicyclic) bond motifs is 1. The van der Waals surface area contributed by atoms with Crippen LogP contribution in [-0.2, 0) is 9.47 Å². The lowest BCUT2D eigenvalue weighted by molar-refractivity contribution is 0.00363. The molecule has 2 aliphatic rings. The number of thiazole rings is 1. The summed E-state index contributed by atoms with van der Waals surface area (Å²) in [6.45, 7) is 10.2. The zero-order valence-corrected chi connectivity index (χ0v) is 17.3. The fraction of sp³-hybridized carbons (Fsp3) is 0.619. The molecule has 5 nitrogen and oxygen atoms in total. The van der Waals surface area contributed by atoms with Gasteiger partial charge in [0, 0.05) is 6.54 Å². The van der Waals surface area contributed by atoms with E-state index >= 15 is 0 Å². The molecule has 1 unspecified atom stereocenters. The molecule has 2 aliphatic heterocycles. The predicted molar refractivity (Wildman–Crippen MR) is 107 cm³/mol. The molecule has 1 aromatic carbocycles. The van der Waals surface area contributed by atoms with Crippen molar-refractivity contribution in [3.05, 3.63) is 28.8 Å². The Morgan fingerprint density at radius 2 is 2.07 bits per heavy atom. The first-order valence-electron chi connectivity index (χ1n) is 9.78. The van der Waals surface area contributed by atoms with Crippen LogP contribution in [0.5, 0.6) is 0 Å². The van der Waals surface area contributed by atoms with Crippen molar-refractivity contribution in [3.63, 3.8) is 0 Å². The Hall–Kier alpha value is -1.66.